The van der Waals surface area contributed by atoms with Gasteiger partial charge in [0, 0.05) is 12.2 Å². The van der Waals surface area contributed by atoms with Gasteiger partial charge in [0.25, 0.3) is 17.2 Å². The summed E-state index contributed by atoms with van der Waals surface area (Å²) in [6, 6.07) is -0.253. The van der Waals surface area contributed by atoms with E-state index in [-0.39, 0.29) is 17.4 Å². The number of hydrogen-bond acceptors (Lipinski definition) is 6. The number of aryl methyl sites for hydroxylation is 1. The molecule has 0 aromatic carbocycles. The normalized spacial score (nSPS) is 12.7. The minimum atomic E-state index is -0.528. The molecule has 1 unspecified atom stereocenters. The SMILES string of the molecule is Cc1nc2ncc(C(=O)NC(C)c3nncn3C(C)C)c(=O)n2[nH]1. The van der Waals surface area contributed by atoms with Crippen LogP contribution in [0, 0.1) is 6.92 Å². The molecule has 3 aromatic rings. The minimum absolute atomic E-state index is 0.0707. The standard InChI is InChI=1S/C14H18N8O2/c1-7(2)21-6-16-19-11(21)8(3)17-12(23)10-5-15-14-18-9(4)20-22(14)13(10)24/h5-8H,1-4H3,(H,17,23)(H,15,18,20). The maximum atomic E-state index is 12.4. The summed E-state index contributed by atoms with van der Waals surface area (Å²) in [6.45, 7) is 7.47. The van der Waals surface area contributed by atoms with Crippen molar-refractivity contribution in [3.8, 4) is 0 Å². The molecule has 0 aliphatic heterocycles. The Morgan fingerprint density at radius 1 is 1.33 bits per heavy atom. The molecule has 10 nitrogen and oxygen atoms in total. The van der Waals surface area contributed by atoms with Crippen LogP contribution in [0.1, 0.15) is 54.9 Å². The van der Waals surface area contributed by atoms with Gasteiger partial charge in [-0.3, -0.25) is 14.7 Å². The third-order valence-corrected chi connectivity index (χ3v) is 3.62. The number of aromatic amines is 1. The lowest BCUT2D eigenvalue weighted by Gasteiger charge is -2.16. The number of carbonyl (C=O) groups is 1. The molecule has 0 fully saturated rings. The van der Waals surface area contributed by atoms with E-state index >= 15 is 0 Å². The van der Waals surface area contributed by atoms with Crippen LogP contribution in [-0.2, 0) is 0 Å². The largest absolute Gasteiger partial charge is 0.342 e. The summed E-state index contributed by atoms with van der Waals surface area (Å²) >= 11 is 0. The first-order valence-corrected chi connectivity index (χ1v) is 7.53. The van der Waals surface area contributed by atoms with Gasteiger partial charge in [-0.05, 0) is 27.7 Å². The molecule has 0 aliphatic carbocycles. The third-order valence-electron chi connectivity index (χ3n) is 3.62. The van der Waals surface area contributed by atoms with E-state index in [0.29, 0.717) is 11.6 Å². The Kier molecular flexibility index (Phi) is 3.87. The van der Waals surface area contributed by atoms with Gasteiger partial charge in [-0.15, -0.1) is 10.2 Å². The van der Waals surface area contributed by atoms with Crippen molar-refractivity contribution in [2.24, 2.45) is 0 Å². The van der Waals surface area contributed by atoms with Crippen molar-refractivity contribution in [3.05, 3.63) is 40.1 Å². The van der Waals surface area contributed by atoms with E-state index < -0.39 is 17.5 Å². The first-order valence-electron chi connectivity index (χ1n) is 7.53. The lowest BCUT2D eigenvalue weighted by molar-refractivity contribution is 0.0935. The van der Waals surface area contributed by atoms with Crippen molar-refractivity contribution in [1.29, 1.82) is 0 Å². The van der Waals surface area contributed by atoms with E-state index in [1.807, 2.05) is 18.4 Å². The molecule has 0 saturated heterocycles. The Morgan fingerprint density at radius 2 is 2.08 bits per heavy atom. The first-order chi connectivity index (χ1) is 11.4. The molecule has 2 N–H and O–H groups in total. The smallest absolute Gasteiger partial charge is 0.286 e. The molecule has 3 aromatic heterocycles. The molecule has 0 aliphatic rings. The van der Waals surface area contributed by atoms with Crippen LogP contribution in [-0.4, -0.2) is 40.3 Å². The Hall–Kier alpha value is -3.04. The van der Waals surface area contributed by atoms with Gasteiger partial charge in [0.1, 0.15) is 17.7 Å². The van der Waals surface area contributed by atoms with Crippen LogP contribution >= 0.6 is 0 Å². The molecule has 0 saturated carbocycles. The van der Waals surface area contributed by atoms with Gasteiger partial charge < -0.3 is 9.88 Å². The summed E-state index contributed by atoms with van der Waals surface area (Å²) in [6.07, 6.45) is 2.84. The Bertz CT molecular complexity index is 951. The van der Waals surface area contributed by atoms with E-state index in [1.54, 1.807) is 20.2 Å². The number of H-pyrrole nitrogens is 1. The van der Waals surface area contributed by atoms with Gasteiger partial charge in [-0.2, -0.15) is 9.50 Å². The topological polar surface area (TPSA) is 123 Å². The van der Waals surface area contributed by atoms with Crippen LogP contribution in [0.25, 0.3) is 5.78 Å². The molecular formula is C14H18N8O2. The predicted molar refractivity (Wildman–Crippen MR) is 84.6 cm³/mol. The van der Waals surface area contributed by atoms with Crippen molar-refractivity contribution in [3.63, 3.8) is 0 Å². The average Bonchev–Trinajstić information content (AvgIpc) is 3.13. The Balaban J connectivity index is 1.88. The van der Waals surface area contributed by atoms with Gasteiger partial charge in [0.05, 0.1) is 6.04 Å². The maximum absolute atomic E-state index is 12.4. The molecule has 10 heteroatoms. The first kappa shape index (κ1) is 15.8. The van der Waals surface area contributed by atoms with Crippen LogP contribution in [0.3, 0.4) is 0 Å². The van der Waals surface area contributed by atoms with Gasteiger partial charge in [0.2, 0.25) is 0 Å². The minimum Gasteiger partial charge on any atom is -0.342 e. The number of nitrogens with one attached hydrogen (secondary N) is 2. The summed E-state index contributed by atoms with van der Waals surface area (Å²) < 4.78 is 3.00. The fourth-order valence-corrected chi connectivity index (χ4v) is 2.42. The average molecular weight is 330 g/mol. The predicted octanol–water partition coefficient (Wildman–Crippen LogP) is 0.389. The van der Waals surface area contributed by atoms with Crippen LogP contribution in [0.15, 0.2) is 17.3 Å². The second-order valence-corrected chi connectivity index (χ2v) is 5.81. The zero-order valence-electron chi connectivity index (χ0n) is 13.8. The lowest BCUT2D eigenvalue weighted by atomic mass is 10.2. The van der Waals surface area contributed by atoms with Crippen LogP contribution in [0.2, 0.25) is 0 Å². The van der Waals surface area contributed by atoms with Crippen LogP contribution in [0.4, 0.5) is 0 Å². The fraction of sp³-hybridized carbons (Fsp3) is 0.429. The summed E-state index contributed by atoms with van der Waals surface area (Å²) in [4.78, 5) is 32.9. The van der Waals surface area contributed by atoms with Crippen molar-refractivity contribution >= 4 is 11.7 Å². The van der Waals surface area contributed by atoms with Gasteiger partial charge in [-0.1, -0.05) is 0 Å². The highest BCUT2D eigenvalue weighted by Crippen LogP contribution is 2.14. The summed E-state index contributed by atoms with van der Waals surface area (Å²) in [7, 11) is 0. The second kappa shape index (κ2) is 5.87. The van der Waals surface area contributed by atoms with Crippen molar-refractivity contribution < 1.29 is 4.79 Å². The number of carbonyl (C=O) groups excluding carboxylic acids is 1. The molecular weight excluding hydrogens is 312 g/mol. The zero-order valence-corrected chi connectivity index (χ0v) is 13.8. The summed E-state index contributed by atoms with van der Waals surface area (Å²) in [5.41, 5.74) is -0.575. The van der Waals surface area contributed by atoms with E-state index in [9.17, 15) is 9.59 Å². The highest BCUT2D eigenvalue weighted by Gasteiger charge is 2.21. The molecule has 1 amide bonds. The maximum Gasteiger partial charge on any atom is 0.286 e. The fourth-order valence-electron chi connectivity index (χ4n) is 2.42. The van der Waals surface area contributed by atoms with Crippen molar-refractivity contribution in [2.75, 3.05) is 0 Å². The number of nitrogens with zero attached hydrogens (tertiary/aromatic N) is 6. The molecule has 24 heavy (non-hydrogen) atoms. The highest BCUT2D eigenvalue weighted by molar-refractivity contribution is 5.93. The van der Waals surface area contributed by atoms with Crippen molar-refractivity contribution in [1.82, 2.24) is 39.7 Å². The van der Waals surface area contributed by atoms with E-state index in [1.165, 1.54) is 6.20 Å². The van der Waals surface area contributed by atoms with Gasteiger partial charge in [-0.25, -0.2) is 4.98 Å². The highest BCUT2D eigenvalue weighted by atomic mass is 16.2. The van der Waals surface area contributed by atoms with E-state index in [4.69, 9.17) is 0 Å². The number of aromatic nitrogens is 7. The van der Waals surface area contributed by atoms with Gasteiger partial charge in [0.15, 0.2) is 5.82 Å². The zero-order chi connectivity index (χ0) is 17.4. The third kappa shape index (κ3) is 2.66. The van der Waals surface area contributed by atoms with E-state index in [0.717, 1.165) is 4.52 Å². The molecule has 126 valence electrons. The van der Waals surface area contributed by atoms with Crippen LogP contribution < -0.4 is 10.9 Å². The molecule has 0 bridgehead atoms. The Morgan fingerprint density at radius 3 is 2.79 bits per heavy atom. The summed E-state index contributed by atoms with van der Waals surface area (Å²) in [5, 5.41) is 13.4. The number of amides is 1. The molecule has 0 radical (unpaired) electrons. The lowest BCUT2D eigenvalue weighted by Crippen LogP contribution is -2.34. The monoisotopic (exact) mass is 330 g/mol. The second-order valence-electron chi connectivity index (χ2n) is 5.81. The summed E-state index contributed by atoms with van der Waals surface area (Å²) in [5.74, 6) is 0.849. The van der Waals surface area contributed by atoms with E-state index in [2.05, 4.69) is 30.6 Å². The molecule has 1 atom stereocenters. The number of rotatable bonds is 4. The van der Waals surface area contributed by atoms with Gasteiger partial charge >= 0.3 is 0 Å². The molecule has 3 rings (SSSR count). The van der Waals surface area contributed by atoms with Crippen LogP contribution in [0.5, 0.6) is 0 Å². The molecule has 0 spiro atoms. The quantitative estimate of drug-likeness (QED) is 0.713. The number of hydrogen-bond donors (Lipinski definition) is 2. The Labute approximate surface area is 136 Å². The number of fused-ring (bicyclic) bond motifs is 1. The molecule has 3 heterocycles. The van der Waals surface area contributed by atoms with Crippen molar-refractivity contribution in [2.45, 2.75) is 39.8 Å².